The first kappa shape index (κ1) is 31.3. The van der Waals surface area contributed by atoms with Gasteiger partial charge in [-0.1, -0.05) is 0 Å². The Hall–Kier alpha value is -8.27. The van der Waals surface area contributed by atoms with Crippen LogP contribution < -0.4 is 17.2 Å². The van der Waals surface area contributed by atoms with Crippen LogP contribution >= 0.6 is 0 Å². The largest absolute Gasteiger partial charge is 0.382 e. The van der Waals surface area contributed by atoms with Gasteiger partial charge in [-0.15, -0.1) is 20.5 Å². The van der Waals surface area contributed by atoms with E-state index >= 15 is 0 Å². The monoisotopic (exact) mass is 679 g/mol. The molecule has 0 saturated heterocycles. The lowest BCUT2D eigenvalue weighted by molar-refractivity contribution is 0.732. The molecule has 7 aromatic heterocycles. The van der Waals surface area contributed by atoms with E-state index in [1.165, 1.54) is 21.8 Å². The third kappa shape index (κ3) is 5.68. The van der Waals surface area contributed by atoms with Gasteiger partial charge >= 0.3 is 5.69 Å². The third-order valence-corrected chi connectivity index (χ3v) is 7.14. The Labute approximate surface area is 284 Å². The summed E-state index contributed by atoms with van der Waals surface area (Å²) in [5.74, 6) is -0.0651. The number of nitrogens with zero attached hydrogens (tertiary/aromatic N) is 18. The van der Waals surface area contributed by atoms with Gasteiger partial charge in [0.15, 0.2) is 34.6 Å². The zero-order valence-corrected chi connectivity index (χ0v) is 26.4. The molecule has 0 bridgehead atoms. The van der Waals surface area contributed by atoms with Crippen LogP contribution in [0.1, 0.15) is 17.0 Å². The first-order valence-corrected chi connectivity index (χ1v) is 14.5. The molecule has 0 spiro atoms. The Kier molecular flexibility index (Phi) is 7.82. The van der Waals surface area contributed by atoms with Crippen molar-refractivity contribution in [1.82, 2.24) is 64.0 Å². The fourth-order valence-corrected chi connectivity index (χ4v) is 4.76. The van der Waals surface area contributed by atoms with Crippen LogP contribution in [-0.4, -0.2) is 64.0 Å². The van der Waals surface area contributed by atoms with Crippen LogP contribution in [0.15, 0.2) is 86.7 Å². The maximum atomic E-state index is 12.7. The molecule has 0 fully saturated rings. The molecule has 248 valence electrons. The minimum absolute atomic E-state index is 0.0361. The van der Waals surface area contributed by atoms with Crippen molar-refractivity contribution in [2.24, 2.45) is 20.5 Å². The molecule has 0 aliphatic rings. The predicted molar refractivity (Wildman–Crippen MR) is 177 cm³/mol. The molecule has 0 atom stereocenters. The topological polar surface area (TPSA) is 285 Å². The van der Waals surface area contributed by atoms with E-state index in [1.807, 2.05) is 6.07 Å². The molecule has 0 saturated carbocycles. The number of nitriles is 1. The zero-order valence-electron chi connectivity index (χ0n) is 26.4. The molecule has 51 heavy (non-hydrogen) atoms. The highest BCUT2D eigenvalue weighted by Crippen LogP contribution is 2.35. The summed E-state index contributed by atoms with van der Waals surface area (Å²) in [6.07, 6.45) is 9.03. The number of hydrogen-bond acceptors (Lipinski definition) is 16. The number of nitrogens with one attached hydrogen (secondary N) is 1. The smallest absolute Gasteiger partial charge is 0.373 e. The highest BCUT2D eigenvalue weighted by molar-refractivity contribution is 5.67. The van der Waals surface area contributed by atoms with E-state index in [0.29, 0.717) is 22.8 Å². The number of rotatable bonds is 8. The number of hydrogen-bond donors (Lipinski definition) is 3. The minimum atomic E-state index is -0.911. The summed E-state index contributed by atoms with van der Waals surface area (Å²) >= 11 is 0. The van der Waals surface area contributed by atoms with E-state index in [1.54, 1.807) is 62.9 Å². The summed E-state index contributed by atoms with van der Waals surface area (Å²) < 4.78 is 5.09. The molecule has 5 N–H and O–H groups in total. The summed E-state index contributed by atoms with van der Waals surface area (Å²) in [6.45, 7) is 10.8. The van der Waals surface area contributed by atoms with E-state index in [9.17, 15) is 10.1 Å². The first-order valence-electron chi connectivity index (χ1n) is 14.5. The number of anilines is 2. The number of pyridine rings is 2. The Bertz CT molecular complexity index is 2450. The van der Waals surface area contributed by atoms with E-state index < -0.39 is 5.69 Å². The van der Waals surface area contributed by atoms with Gasteiger partial charge < -0.3 is 11.5 Å². The first-order chi connectivity index (χ1) is 24.8. The average Bonchev–Trinajstić information content (AvgIpc) is 3.90. The summed E-state index contributed by atoms with van der Waals surface area (Å²) in [5.41, 5.74) is 14.3. The van der Waals surface area contributed by atoms with E-state index in [2.05, 4.69) is 70.6 Å². The lowest BCUT2D eigenvalue weighted by atomic mass is 10.3. The molecule has 0 unspecified atom stereocenters. The normalized spacial score (nSPS) is 11.4. The SMILES string of the molecule is [C-]#[N+]c1cnn(-c2cccnc2)c1N=Nc1c(C)nn(-c2nc(=O)nc(-n3nc(C)c(N=Nc4c(C#N)cnn4-c4cccnc4)c3N)[nH]2)c1N. The van der Waals surface area contributed by atoms with E-state index in [-0.39, 0.29) is 57.8 Å². The molecule has 0 aliphatic heterocycles. The number of azo groups is 2. The van der Waals surface area contributed by atoms with Crippen molar-refractivity contribution in [3.05, 3.63) is 100 Å². The fraction of sp³-hybridized carbons (Fsp3) is 0.0690. The fourth-order valence-electron chi connectivity index (χ4n) is 4.76. The number of aryl methyl sites for hydroxylation is 2. The number of aromatic amines is 1. The second-order valence-electron chi connectivity index (χ2n) is 10.3. The molecule has 7 aromatic rings. The van der Waals surface area contributed by atoms with Crippen molar-refractivity contribution in [3.8, 4) is 29.3 Å². The molecule has 22 nitrogen and oxygen atoms in total. The molecular formula is C29H21N21O. The molecular weight excluding hydrogens is 658 g/mol. The van der Waals surface area contributed by atoms with E-state index in [0.717, 1.165) is 9.36 Å². The number of nitrogen functional groups attached to an aromatic ring is 2. The molecule has 22 heteroatoms. The molecule has 7 rings (SSSR count). The van der Waals surface area contributed by atoms with Crippen molar-refractivity contribution in [1.29, 1.82) is 5.26 Å². The lowest BCUT2D eigenvalue weighted by Gasteiger charge is -2.06. The van der Waals surface area contributed by atoms with Crippen LogP contribution in [0.5, 0.6) is 0 Å². The lowest BCUT2D eigenvalue weighted by Crippen LogP contribution is -2.22. The van der Waals surface area contributed by atoms with Crippen LogP contribution in [0.4, 0.5) is 40.3 Å². The van der Waals surface area contributed by atoms with Crippen molar-refractivity contribution in [3.63, 3.8) is 0 Å². The van der Waals surface area contributed by atoms with E-state index in [4.69, 9.17) is 18.0 Å². The van der Waals surface area contributed by atoms with Crippen LogP contribution in [-0.2, 0) is 0 Å². The van der Waals surface area contributed by atoms with Gasteiger partial charge in [-0.25, -0.2) is 19.0 Å². The van der Waals surface area contributed by atoms with Crippen LogP contribution in [0.2, 0.25) is 0 Å². The summed E-state index contributed by atoms with van der Waals surface area (Å²) in [5, 5.41) is 43.9. The second-order valence-corrected chi connectivity index (χ2v) is 10.3. The number of H-pyrrole nitrogens is 1. The zero-order chi connectivity index (χ0) is 35.6. The van der Waals surface area contributed by atoms with Gasteiger partial charge in [0.1, 0.15) is 11.6 Å². The highest BCUT2D eigenvalue weighted by atomic mass is 16.1. The van der Waals surface area contributed by atoms with Gasteiger partial charge in [-0.3, -0.25) is 15.0 Å². The Morgan fingerprint density at radius 3 is 1.82 bits per heavy atom. The second kappa shape index (κ2) is 12.7. The Morgan fingerprint density at radius 2 is 1.31 bits per heavy atom. The van der Waals surface area contributed by atoms with Crippen molar-refractivity contribution in [2.45, 2.75) is 13.8 Å². The summed E-state index contributed by atoms with van der Waals surface area (Å²) in [4.78, 5) is 35.1. The molecule has 0 aliphatic carbocycles. The quantitative estimate of drug-likeness (QED) is 0.153. The number of nitrogens with two attached hydrogens (primary N) is 2. The third-order valence-electron chi connectivity index (χ3n) is 7.14. The van der Waals surface area contributed by atoms with Crippen molar-refractivity contribution in [2.75, 3.05) is 11.5 Å². The predicted octanol–water partition coefficient (Wildman–Crippen LogP) is 3.73. The molecule has 0 amide bonds. The van der Waals surface area contributed by atoms with Crippen LogP contribution in [0.3, 0.4) is 0 Å². The number of aromatic nitrogens is 13. The minimum Gasteiger partial charge on any atom is -0.382 e. The summed E-state index contributed by atoms with van der Waals surface area (Å²) in [7, 11) is 0. The van der Waals surface area contributed by atoms with Crippen molar-refractivity contribution >= 4 is 40.3 Å². The summed E-state index contributed by atoms with van der Waals surface area (Å²) in [6, 6.07) is 8.95. The van der Waals surface area contributed by atoms with Crippen LogP contribution in [0, 0.1) is 31.8 Å². The molecule has 7 heterocycles. The van der Waals surface area contributed by atoms with Crippen molar-refractivity contribution < 1.29 is 0 Å². The molecule has 0 radical (unpaired) electrons. The van der Waals surface area contributed by atoms with Gasteiger partial charge in [-0.2, -0.15) is 45.0 Å². The Morgan fingerprint density at radius 1 is 0.784 bits per heavy atom. The Balaban J connectivity index is 1.23. The van der Waals surface area contributed by atoms with Crippen LogP contribution in [0.25, 0.3) is 28.1 Å². The van der Waals surface area contributed by atoms with Gasteiger partial charge in [0.25, 0.3) is 5.69 Å². The maximum Gasteiger partial charge on any atom is 0.373 e. The van der Waals surface area contributed by atoms with Gasteiger partial charge in [-0.05, 0) is 38.1 Å². The molecule has 0 aromatic carbocycles. The highest BCUT2D eigenvalue weighted by Gasteiger charge is 2.21. The standard InChI is InChI=1S/C29H21N21O/c1-15-21(41-43-25-17(10-30)11-36-47(25)18-6-4-8-34-12-18)23(31)49(45-15)27-38-28(40-29(51)39-27)50-24(32)22(16(2)46-50)42-44-26-20(33-3)14-37-48(26)19-7-5-9-35-13-19/h4-9,11-14H,31-32H2,1-2H3,(H,38,39,40,51). The van der Waals surface area contributed by atoms with Gasteiger partial charge in [0.2, 0.25) is 11.9 Å². The average molecular weight is 680 g/mol. The van der Waals surface area contributed by atoms with Gasteiger partial charge in [0.05, 0.1) is 54.1 Å². The maximum absolute atomic E-state index is 12.7. The van der Waals surface area contributed by atoms with Gasteiger partial charge in [0, 0.05) is 12.4 Å².